The highest BCUT2D eigenvalue weighted by Crippen LogP contribution is 2.34. The number of carbonyl (C=O) groups is 2. The molecule has 0 radical (unpaired) electrons. The van der Waals surface area contributed by atoms with Crippen molar-refractivity contribution >= 4 is 40.8 Å². The fourth-order valence-corrected chi connectivity index (χ4v) is 11.0. The van der Waals surface area contributed by atoms with Crippen LogP contribution >= 0.6 is 11.6 Å². The van der Waals surface area contributed by atoms with Gasteiger partial charge in [0.2, 0.25) is 34.6 Å². The van der Waals surface area contributed by atoms with Crippen molar-refractivity contribution in [2.24, 2.45) is 0 Å². The normalized spacial score (nSPS) is 14.8. The van der Waals surface area contributed by atoms with Gasteiger partial charge in [0.15, 0.2) is 0 Å². The molecule has 4 N–H and O–H groups in total. The zero-order valence-corrected chi connectivity index (χ0v) is 62.3. The van der Waals surface area contributed by atoms with Crippen LogP contribution in [0.5, 0.6) is 52.1 Å². The number of halogens is 1. The summed E-state index contributed by atoms with van der Waals surface area (Å²) in [5.41, 5.74) is 3.73. The molecule has 23 heteroatoms. The van der Waals surface area contributed by atoms with Gasteiger partial charge in [0.25, 0.3) is 0 Å². The maximum absolute atomic E-state index is 12.7. The quantitative estimate of drug-likeness (QED) is 0.0461. The lowest BCUT2D eigenvalue weighted by Gasteiger charge is -2.29. The fraction of sp³-hybridized carbons (Fsp3) is 0.325. The van der Waals surface area contributed by atoms with E-state index in [1.165, 1.54) is 6.42 Å². The molecule has 106 heavy (non-hydrogen) atoms. The topological polar surface area (TPSA) is 240 Å². The number of nitrogens with zero attached hydrogens (tertiary/aromatic N) is 8. The van der Waals surface area contributed by atoms with Crippen LogP contribution in [-0.4, -0.2) is 142 Å². The number of benzene rings is 6. The van der Waals surface area contributed by atoms with Gasteiger partial charge in [0, 0.05) is 55.5 Å². The summed E-state index contributed by atoms with van der Waals surface area (Å²) in [7, 11) is 4.85. The molecular weight excluding hydrogens is 1360 g/mol. The molecule has 550 valence electrons. The smallest absolute Gasteiger partial charge is 0.410 e. The molecule has 3 atom stereocenters. The number of rotatable bonds is 18. The first-order valence-corrected chi connectivity index (χ1v) is 35.5. The molecule has 9 aromatic rings. The van der Waals surface area contributed by atoms with E-state index >= 15 is 0 Å². The minimum Gasteiger partial charge on any atom is -0.497 e. The molecule has 3 aromatic heterocycles. The van der Waals surface area contributed by atoms with Gasteiger partial charge < -0.3 is 69.0 Å². The van der Waals surface area contributed by atoms with Gasteiger partial charge in [-0.15, -0.1) is 5.92 Å². The number of anilines is 3. The van der Waals surface area contributed by atoms with Crippen LogP contribution in [0.4, 0.5) is 26.7 Å². The number of hydrogen-bond acceptors (Lipinski definition) is 20. The van der Waals surface area contributed by atoms with E-state index in [9.17, 15) is 9.59 Å². The second kappa shape index (κ2) is 39.8. The Labute approximate surface area is 626 Å². The Bertz CT molecular complexity index is 4460. The van der Waals surface area contributed by atoms with Crippen molar-refractivity contribution in [3.63, 3.8) is 0 Å². The molecule has 22 nitrogen and oxygen atoms in total. The highest BCUT2D eigenvalue weighted by molar-refractivity contribution is 6.28. The van der Waals surface area contributed by atoms with Gasteiger partial charge in [-0.1, -0.05) is 72.4 Å². The summed E-state index contributed by atoms with van der Waals surface area (Å²) in [6.07, 6.45) is 10.3. The third kappa shape index (κ3) is 25.9. The van der Waals surface area contributed by atoms with Crippen LogP contribution in [0.1, 0.15) is 115 Å². The standard InChI is InChI=1S/C29H32N4O4.C24H24N4O2.C21H27ClN4O4.C9H8/c1-29(2,3)37-28(34)33-18-8-11-22(33)19-30-25-20-31-26(17-12-21-9-6-5-7-10-21)32-27(25)36-24-15-13-23(35-4)14-16-24;1-29-20-10-12-21(13-11-20)30-24-22(26-16-19-8-5-15-25-19)17-27-23(28-24)14-9-18-6-3-2-4-7-18;1-21(2,3)30-20(27)26-11-5-6-14(26)12-23-17-13-24-19(22)25-18(17)29-16-9-7-15(28-4)8-10-16;1-2-6-9-7-4-3-5-8-9/h5-7,9-10,13-16,20,22,30H,8,11,18-19H2,1-4H3;2-4,6-7,10-13,17,19,25-26H,5,8,15-16H2,1H3;7-10,13-14,23H,5-6,11-12H2,1-4H3;3-5,7-8H,1H3/t22-;19-;14-;/m000./s1. The van der Waals surface area contributed by atoms with Crippen LogP contribution in [0, 0.1) is 35.5 Å². The number of likely N-dealkylation sites (tertiary alicyclic amines) is 2. The first kappa shape index (κ1) is 78.4. The first-order chi connectivity index (χ1) is 51.3. The van der Waals surface area contributed by atoms with Crippen LogP contribution in [0.25, 0.3) is 0 Å². The Hall–Kier alpha value is -11.8. The Kier molecular flexibility index (Phi) is 29.4. The molecule has 12 rings (SSSR count). The van der Waals surface area contributed by atoms with Crippen molar-refractivity contribution in [2.75, 3.05) is 76.5 Å². The van der Waals surface area contributed by atoms with Crippen LogP contribution in [-0.2, 0) is 9.47 Å². The Morgan fingerprint density at radius 3 is 1.18 bits per heavy atom. The molecule has 0 unspecified atom stereocenters. The highest BCUT2D eigenvalue weighted by Gasteiger charge is 2.34. The van der Waals surface area contributed by atoms with E-state index in [2.05, 4.69) is 86.7 Å². The predicted octanol–water partition coefficient (Wildman–Crippen LogP) is 16.1. The van der Waals surface area contributed by atoms with Crippen molar-refractivity contribution in [1.82, 2.24) is 45.0 Å². The number of carbonyl (C=O) groups excluding carboxylic acids is 2. The van der Waals surface area contributed by atoms with Crippen LogP contribution < -0.4 is 49.7 Å². The van der Waals surface area contributed by atoms with Gasteiger partial charge in [0.1, 0.15) is 62.8 Å². The van der Waals surface area contributed by atoms with Crippen molar-refractivity contribution in [3.05, 3.63) is 216 Å². The van der Waals surface area contributed by atoms with Gasteiger partial charge in [-0.3, -0.25) is 0 Å². The van der Waals surface area contributed by atoms with E-state index in [1.807, 2.05) is 176 Å². The average Bonchev–Trinajstić information content (AvgIpc) is 1.69. The third-order valence-corrected chi connectivity index (χ3v) is 16.2. The second-order valence-corrected chi connectivity index (χ2v) is 26.7. The van der Waals surface area contributed by atoms with Crippen molar-refractivity contribution < 1.29 is 47.5 Å². The van der Waals surface area contributed by atoms with Crippen LogP contribution in [0.2, 0.25) is 5.28 Å². The zero-order valence-electron chi connectivity index (χ0n) is 61.6. The van der Waals surface area contributed by atoms with E-state index in [0.29, 0.717) is 90.1 Å². The molecule has 3 saturated heterocycles. The minimum atomic E-state index is -0.540. The second-order valence-electron chi connectivity index (χ2n) is 26.4. The van der Waals surface area contributed by atoms with Crippen LogP contribution in [0.3, 0.4) is 0 Å². The molecule has 6 aromatic carbocycles. The molecule has 6 heterocycles. The van der Waals surface area contributed by atoms with E-state index in [0.717, 1.165) is 84.8 Å². The predicted molar refractivity (Wildman–Crippen MR) is 413 cm³/mol. The summed E-state index contributed by atoms with van der Waals surface area (Å²) < 4.78 is 44.8. The Morgan fingerprint density at radius 2 is 0.821 bits per heavy atom. The number of methoxy groups -OCH3 is 3. The van der Waals surface area contributed by atoms with E-state index < -0.39 is 11.2 Å². The number of hydrogen-bond donors (Lipinski definition) is 4. The molecule has 3 aliphatic rings. The lowest BCUT2D eigenvalue weighted by atomic mass is 10.2. The summed E-state index contributed by atoms with van der Waals surface area (Å²) in [4.78, 5) is 54.9. The number of amides is 2. The van der Waals surface area contributed by atoms with Crippen molar-refractivity contribution in [2.45, 2.75) is 116 Å². The molecule has 0 spiro atoms. The number of aromatic nitrogens is 6. The van der Waals surface area contributed by atoms with Gasteiger partial charge in [-0.25, -0.2) is 24.5 Å². The monoisotopic (exact) mass is 1450 g/mol. The fourth-order valence-electron chi connectivity index (χ4n) is 10.9. The van der Waals surface area contributed by atoms with Crippen molar-refractivity contribution in [3.8, 4) is 87.7 Å². The van der Waals surface area contributed by atoms with Gasteiger partial charge >= 0.3 is 12.2 Å². The molecule has 0 saturated carbocycles. The van der Waals surface area contributed by atoms with E-state index in [4.69, 9.17) is 49.5 Å². The summed E-state index contributed by atoms with van der Waals surface area (Å²) in [6.45, 7) is 17.3. The van der Waals surface area contributed by atoms with E-state index in [1.54, 1.807) is 86.1 Å². The first-order valence-electron chi connectivity index (χ1n) is 35.1. The minimum absolute atomic E-state index is 0.00404. The molecule has 2 amide bonds. The number of ether oxygens (including phenoxy) is 8. The van der Waals surface area contributed by atoms with Gasteiger partial charge in [0.05, 0.1) is 52.0 Å². The largest absolute Gasteiger partial charge is 0.497 e. The molecule has 0 aliphatic carbocycles. The Balaban J connectivity index is 0.000000174. The molecular formula is C83H91ClN12O10. The SMILES string of the molecule is CC#Cc1ccccc1.COc1ccc(Oc2nc(C#Cc3ccccc3)ncc2NC[C@@H]2CCCN2)cc1.COc1ccc(Oc2nc(C#Cc3ccccc3)ncc2NC[C@@H]2CCCN2C(=O)OC(C)(C)C)cc1.COc1ccc(Oc2nc(Cl)ncc2NC[C@@H]2CCCN2C(=O)OC(C)(C)C)cc1. The summed E-state index contributed by atoms with van der Waals surface area (Å²) in [5.74, 6) is 23.9. The number of nitrogens with one attached hydrogen (secondary N) is 4. The van der Waals surface area contributed by atoms with E-state index in [-0.39, 0.29) is 29.6 Å². The van der Waals surface area contributed by atoms with Gasteiger partial charge in [-0.2, -0.15) is 15.0 Å². The third-order valence-electron chi connectivity index (χ3n) is 16.0. The lowest BCUT2D eigenvalue weighted by molar-refractivity contribution is 0.0224. The summed E-state index contributed by atoms with van der Waals surface area (Å²) in [5, 5.41) is 13.6. The molecule has 3 aliphatic heterocycles. The summed E-state index contributed by atoms with van der Waals surface area (Å²) >= 11 is 5.96. The molecule has 3 fully saturated rings. The zero-order chi connectivity index (χ0) is 75.1. The maximum Gasteiger partial charge on any atom is 0.410 e. The average molecular weight is 1450 g/mol. The maximum atomic E-state index is 12.7. The lowest BCUT2D eigenvalue weighted by Crippen LogP contribution is -2.42. The Morgan fingerprint density at radius 1 is 0.462 bits per heavy atom. The summed E-state index contributed by atoms with van der Waals surface area (Å²) in [6, 6.07) is 51.6. The van der Waals surface area contributed by atoms with Gasteiger partial charge in [-0.05, 0) is 226 Å². The van der Waals surface area contributed by atoms with Crippen molar-refractivity contribution in [1.29, 1.82) is 0 Å². The van der Waals surface area contributed by atoms with Crippen LogP contribution in [0.15, 0.2) is 182 Å². The molecule has 0 bridgehead atoms. The highest BCUT2D eigenvalue weighted by atomic mass is 35.5.